The highest BCUT2D eigenvalue weighted by Crippen LogP contribution is 2.22. The number of halogens is 1. The quantitative estimate of drug-likeness (QED) is 0.894. The van der Waals surface area contributed by atoms with Gasteiger partial charge >= 0.3 is 0 Å². The van der Waals surface area contributed by atoms with Crippen molar-refractivity contribution >= 4 is 21.8 Å². The van der Waals surface area contributed by atoms with Gasteiger partial charge in [-0.15, -0.1) is 0 Å². The fourth-order valence-electron chi connectivity index (χ4n) is 1.97. The second kappa shape index (κ2) is 4.93. The maximum absolute atomic E-state index is 12.2. The number of amides is 1. The van der Waals surface area contributed by atoms with E-state index in [1.54, 1.807) is 23.2 Å². The lowest BCUT2D eigenvalue weighted by Crippen LogP contribution is -2.38. The Kier molecular flexibility index (Phi) is 3.56. The first-order chi connectivity index (χ1) is 7.74. The molecule has 1 aliphatic rings. The normalized spacial score (nSPS) is 20.1. The van der Waals surface area contributed by atoms with Gasteiger partial charge in [0, 0.05) is 17.2 Å². The van der Waals surface area contributed by atoms with Crippen molar-refractivity contribution < 1.29 is 9.90 Å². The Hall–Kier alpha value is -0.940. The average molecular weight is 285 g/mol. The van der Waals surface area contributed by atoms with Gasteiger partial charge in [0.15, 0.2) is 0 Å². The third-order valence-corrected chi connectivity index (χ3v) is 3.45. The summed E-state index contributed by atoms with van der Waals surface area (Å²) in [7, 11) is 0. The molecular weight excluding hydrogens is 272 g/mol. The van der Waals surface area contributed by atoms with Crippen LogP contribution in [0.2, 0.25) is 0 Å². The van der Waals surface area contributed by atoms with Gasteiger partial charge in [-0.25, -0.2) is 4.98 Å². The van der Waals surface area contributed by atoms with Crippen molar-refractivity contribution in [2.75, 3.05) is 13.2 Å². The Morgan fingerprint density at radius 3 is 3.19 bits per heavy atom. The number of aliphatic hydroxyl groups excluding tert-OH is 1. The monoisotopic (exact) mass is 284 g/mol. The van der Waals surface area contributed by atoms with Gasteiger partial charge in [0.2, 0.25) is 0 Å². The van der Waals surface area contributed by atoms with Crippen LogP contribution in [0.3, 0.4) is 0 Å². The lowest BCUT2D eigenvalue weighted by Gasteiger charge is -2.22. The average Bonchev–Trinajstić information content (AvgIpc) is 2.77. The zero-order valence-electron chi connectivity index (χ0n) is 8.77. The topological polar surface area (TPSA) is 53.4 Å². The molecule has 4 nitrogen and oxygen atoms in total. The van der Waals surface area contributed by atoms with E-state index in [-0.39, 0.29) is 18.6 Å². The van der Waals surface area contributed by atoms with Gasteiger partial charge in [0.05, 0.1) is 12.6 Å². The summed E-state index contributed by atoms with van der Waals surface area (Å²) in [6.45, 7) is 0.725. The third kappa shape index (κ3) is 2.10. The Morgan fingerprint density at radius 2 is 2.50 bits per heavy atom. The van der Waals surface area contributed by atoms with Crippen molar-refractivity contribution in [3.63, 3.8) is 0 Å². The Morgan fingerprint density at radius 1 is 1.69 bits per heavy atom. The molecule has 0 bridgehead atoms. The molecule has 1 aliphatic heterocycles. The Balaban J connectivity index is 2.22. The third-order valence-electron chi connectivity index (χ3n) is 2.81. The molecule has 1 aromatic heterocycles. The summed E-state index contributed by atoms with van der Waals surface area (Å²) in [4.78, 5) is 17.9. The summed E-state index contributed by atoms with van der Waals surface area (Å²) in [6, 6.07) is 3.51. The van der Waals surface area contributed by atoms with E-state index in [4.69, 9.17) is 0 Å². The van der Waals surface area contributed by atoms with E-state index >= 15 is 0 Å². The lowest BCUT2D eigenvalue weighted by atomic mass is 10.2. The predicted octanol–water partition coefficient (Wildman–Crippen LogP) is 1.44. The van der Waals surface area contributed by atoms with E-state index in [1.807, 2.05) is 0 Å². The van der Waals surface area contributed by atoms with E-state index in [1.165, 1.54) is 0 Å². The Bertz CT molecular complexity index is 397. The standard InChI is InChI=1S/C11H13BrN2O2/c12-9-4-1-5-13-10(9)11(16)14-6-2-3-8(14)7-15/h1,4-5,8,15H,2-3,6-7H2/t8-/m1/s1. The molecular formula is C11H13BrN2O2. The van der Waals surface area contributed by atoms with Gasteiger partial charge in [-0.05, 0) is 40.9 Å². The molecule has 5 heteroatoms. The summed E-state index contributed by atoms with van der Waals surface area (Å²) in [5.74, 6) is -0.107. The molecule has 2 heterocycles. The van der Waals surface area contributed by atoms with E-state index in [2.05, 4.69) is 20.9 Å². The highest BCUT2D eigenvalue weighted by molar-refractivity contribution is 9.10. The van der Waals surface area contributed by atoms with Crippen LogP contribution in [0, 0.1) is 0 Å². The van der Waals surface area contributed by atoms with Crippen LogP contribution in [0.15, 0.2) is 22.8 Å². The van der Waals surface area contributed by atoms with E-state index < -0.39 is 0 Å². The minimum absolute atomic E-state index is 0.0240. The maximum Gasteiger partial charge on any atom is 0.273 e. The van der Waals surface area contributed by atoms with Gasteiger partial charge in [-0.1, -0.05) is 0 Å². The zero-order chi connectivity index (χ0) is 11.5. The van der Waals surface area contributed by atoms with E-state index in [9.17, 15) is 9.90 Å². The number of rotatable bonds is 2. The van der Waals surface area contributed by atoms with Gasteiger partial charge in [-0.2, -0.15) is 0 Å². The van der Waals surface area contributed by atoms with Gasteiger partial charge in [0.1, 0.15) is 5.69 Å². The summed E-state index contributed by atoms with van der Waals surface area (Å²) >= 11 is 3.31. The molecule has 16 heavy (non-hydrogen) atoms. The number of likely N-dealkylation sites (tertiary alicyclic amines) is 1. The van der Waals surface area contributed by atoms with Gasteiger partial charge in [0.25, 0.3) is 5.91 Å². The van der Waals surface area contributed by atoms with Crippen molar-refractivity contribution in [1.29, 1.82) is 0 Å². The molecule has 0 radical (unpaired) electrons. The van der Waals surface area contributed by atoms with Gasteiger partial charge in [-0.3, -0.25) is 4.79 Å². The highest BCUT2D eigenvalue weighted by atomic mass is 79.9. The van der Waals surface area contributed by atoms with Crippen molar-refractivity contribution in [2.45, 2.75) is 18.9 Å². The Labute approximate surface area is 102 Å². The van der Waals surface area contributed by atoms with Gasteiger partial charge < -0.3 is 10.0 Å². The molecule has 0 aliphatic carbocycles. The van der Waals surface area contributed by atoms with Crippen molar-refractivity contribution in [1.82, 2.24) is 9.88 Å². The van der Waals surface area contributed by atoms with Crippen molar-refractivity contribution in [2.24, 2.45) is 0 Å². The van der Waals surface area contributed by atoms with E-state index in [0.29, 0.717) is 16.7 Å². The number of carbonyl (C=O) groups excluding carboxylic acids is 1. The van der Waals surface area contributed by atoms with Crippen LogP contribution in [-0.4, -0.2) is 40.1 Å². The number of aromatic nitrogens is 1. The molecule has 0 aromatic carbocycles. The number of pyridine rings is 1. The van der Waals surface area contributed by atoms with Crippen LogP contribution < -0.4 is 0 Å². The molecule has 0 unspecified atom stereocenters. The number of hydrogen-bond donors (Lipinski definition) is 1. The predicted molar refractivity (Wildman–Crippen MR) is 63.1 cm³/mol. The molecule has 1 fully saturated rings. The number of hydrogen-bond acceptors (Lipinski definition) is 3. The smallest absolute Gasteiger partial charge is 0.273 e. The molecule has 1 saturated heterocycles. The number of nitrogens with zero attached hydrogens (tertiary/aromatic N) is 2. The van der Waals surface area contributed by atoms with Crippen LogP contribution in [-0.2, 0) is 0 Å². The summed E-state index contributed by atoms with van der Waals surface area (Å²) in [5.41, 5.74) is 0.419. The molecule has 1 N–H and O–H groups in total. The number of carbonyl (C=O) groups is 1. The minimum atomic E-state index is -0.107. The molecule has 1 amide bonds. The summed E-state index contributed by atoms with van der Waals surface area (Å²) < 4.78 is 0.698. The SMILES string of the molecule is O=C(c1ncccc1Br)N1CCC[C@@H]1CO. The minimum Gasteiger partial charge on any atom is -0.394 e. The molecule has 0 spiro atoms. The van der Waals surface area contributed by atoms with Crippen LogP contribution in [0.5, 0.6) is 0 Å². The molecule has 1 aromatic rings. The van der Waals surface area contributed by atoms with E-state index in [0.717, 1.165) is 12.8 Å². The second-order valence-corrected chi connectivity index (χ2v) is 4.67. The fraction of sp³-hybridized carbons (Fsp3) is 0.455. The highest BCUT2D eigenvalue weighted by Gasteiger charge is 2.30. The van der Waals surface area contributed by atoms with Crippen molar-refractivity contribution in [3.8, 4) is 0 Å². The fourth-order valence-corrected chi connectivity index (χ4v) is 2.40. The summed E-state index contributed by atoms with van der Waals surface area (Å²) in [6.07, 6.45) is 3.41. The van der Waals surface area contributed by atoms with Crippen LogP contribution in [0.4, 0.5) is 0 Å². The zero-order valence-corrected chi connectivity index (χ0v) is 10.4. The largest absolute Gasteiger partial charge is 0.394 e. The molecule has 86 valence electrons. The lowest BCUT2D eigenvalue weighted by molar-refractivity contribution is 0.0671. The second-order valence-electron chi connectivity index (χ2n) is 3.81. The van der Waals surface area contributed by atoms with Crippen LogP contribution >= 0.6 is 15.9 Å². The molecule has 2 rings (SSSR count). The molecule has 0 saturated carbocycles. The first kappa shape index (κ1) is 11.5. The first-order valence-corrected chi connectivity index (χ1v) is 6.05. The van der Waals surface area contributed by atoms with Crippen molar-refractivity contribution in [3.05, 3.63) is 28.5 Å². The van der Waals surface area contributed by atoms with Crippen LogP contribution in [0.1, 0.15) is 23.3 Å². The number of aliphatic hydroxyl groups is 1. The first-order valence-electron chi connectivity index (χ1n) is 5.26. The van der Waals surface area contributed by atoms with Crippen LogP contribution in [0.25, 0.3) is 0 Å². The maximum atomic E-state index is 12.2. The molecule has 1 atom stereocenters. The summed E-state index contributed by atoms with van der Waals surface area (Å²) in [5, 5.41) is 9.18.